The number of carbonyl (C=O) groups excluding carboxylic acids is 1. The highest BCUT2D eigenvalue weighted by atomic mass is 35.5. The number of aromatic nitrogens is 4. The Hall–Kier alpha value is -2.19. The van der Waals surface area contributed by atoms with Gasteiger partial charge in [-0.3, -0.25) is 4.79 Å². The predicted molar refractivity (Wildman–Crippen MR) is 78.3 cm³/mol. The van der Waals surface area contributed by atoms with E-state index >= 15 is 0 Å². The molecule has 1 heterocycles. The Morgan fingerprint density at radius 1 is 1.41 bits per heavy atom. The molecule has 0 aliphatic carbocycles. The number of tetrazole rings is 1. The number of rotatable bonds is 8. The van der Waals surface area contributed by atoms with E-state index in [1.807, 2.05) is 0 Å². The molecular formula is C13H16ClN5O3. The molecule has 0 saturated heterocycles. The summed E-state index contributed by atoms with van der Waals surface area (Å²) in [5.74, 6) is 0.697. The van der Waals surface area contributed by atoms with E-state index in [9.17, 15) is 4.79 Å². The number of amides is 1. The highest BCUT2D eigenvalue weighted by Gasteiger charge is 2.11. The van der Waals surface area contributed by atoms with Gasteiger partial charge < -0.3 is 15.2 Å². The van der Waals surface area contributed by atoms with Crippen LogP contribution in [0.3, 0.4) is 0 Å². The predicted octanol–water partition coefficient (Wildman–Crippen LogP) is 0.404. The van der Waals surface area contributed by atoms with Crippen molar-refractivity contribution >= 4 is 17.5 Å². The van der Waals surface area contributed by atoms with Gasteiger partial charge in [0.05, 0.1) is 5.02 Å². The SMILES string of the molecule is O=C(Cn1nnnc1COc1ccccc1Cl)NCCCO. The number of nitrogens with one attached hydrogen (secondary N) is 1. The van der Waals surface area contributed by atoms with E-state index in [0.717, 1.165) is 0 Å². The van der Waals surface area contributed by atoms with Crippen LogP contribution in [0.2, 0.25) is 5.02 Å². The summed E-state index contributed by atoms with van der Waals surface area (Å²) >= 11 is 5.99. The molecule has 0 aliphatic heterocycles. The zero-order valence-electron chi connectivity index (χ0n) is 11.8. The first-order valence-electron chi connectivity index (χ1n) is 6.70. The van der Waals surface area contributed by atoms with Crippen molar-refractivity contribution in [3.63, 3.8) is 0 Å². The van der Waals surface area contributed by atoms with Gasteiger partial charge in [-0.25, -0.2) is 4.68 Å². The Kier molecular flexibility index (Phi) is 6.11. The van der Waals surface area contributed by atoms with Gasteiger partial charge in [0.15, 0.2) is 5.82 Å². The second-order valence-electron chi connectivity index (χ2n) is 4.40. The van der Waals surface area contributed by atoms with Gasteiger partial charge in [-0.15, -0.1) is 5.10 Å². The highest BCUT2D eigenvalue weighted by molar-refractivity contribution is 6.32. The molecule has 9 heteroatoms. The van der Waals surface area contributed by atoms with Crippen LogP contribution in [-0.4, -0.2) is 44.4 Å². The molecule has 1 aromatic heterocycles. The average molecular weight is 326 g/mol. The lowest BCUT2D eigenvalue weighted by atomic mass is 10.3. The summed E-state index contributed by atoms with van der Waals surface area (Å²) in [5, 5.41) is 22.9. The van der Waals surface area contributed by atoms with Gasteiger partial charge in [0.25, 0.3) is 0 Å². The van der Waals surface area contributed by atoms with Crippen molar-refractivity contribution in [3.05, 3.63) is 35.1 Å². The van der Waals surface area contributed by atoms with Crippen LogP contribution in [0.15, 0.2) is 24.3 Å². The monoisotopic (exact) mass is 325 g/mol. The van der Waals surface area contributed by atoms with Gasteiger partial charge in [0.2, 0.25) is 5.91 Å². The van der Waals surface area contributed by atoms with Crippen LogP contribution >= 0.6 is 11.6 Å². The lowest BCUT2D eigenvalue weighted by Crippen LogP contribution is -2.30. The zero-order valence-corrected chi connectivity index (χ0v) is 12.5. The van der Waals surface area contributed by atoms with E-state index in [1.54, 1.807) is 24.3 Å². The first kappa shape index (κ1) is 16.2. The van der Waals surface area contributed by atoms with Crippen molar-refractivity contribution in [1.82, 2.24) is 25.5 Å². The molecular weight excluding hydrogens is 310 g/mol. The molecule has 118 valence electrons. The minimum atomic E-state index is -0.236. The number of benzene rings is 1. The second-order valence-corrected chi connectivity index (χ2v) is 4.81. The second kappa shape index (κ2) is 8.30. The van der Waals surface area contributed by atoms with E-state index in [0.29, 0.717) is 29.6 Å². The number of para-hydroxylation sites is 1. The van der Waals surface area contributed by atoms with Gasteiger partial charge in [0, 0.05) is 13.2 Å². The molecule has 0 fully saturated rings. The minimum absolute atomic E-state index is 0.0142. The number of aliphatic hydroxyl groups is 1. The molecule has 8 nitrogen and oxygen atoms in total. The molecule has 22 heavy (non-hydrogen) atoms. The summed E-state index contributed by atoms with van der Waals surface area (Å²) < 4.78 is 6.89. The fourth-order valence-electron chi connectivity index (χ4n) is 1.65. The number of nitrogens with zero attached hydrogens (tertiary/aromatic N) is 4. The average Bonchev–Trinajstić information content (AvgIpc) is 2.94. The number of halogens is 1. The standard InChI is InChI=1S/C13H16ClN5O3/c14-10-4-1-2-5-11(10)22-9-12-16-17-18-19(12)8-13(21)15-6-3-7-20/h1-2,4-5,20H,3,6-9H2,(H,15,21). The number of carbonyl (C=O) groups is 1. The molecule has 0 unspecified atom stereocenters. The summed E-state index contributed by atoms with van der Waals surface area (Å²) in [6.07, 6.45) is 0.504. The van der Waals surface area contributed by atoms with Crippen LogP contribution in [0.5, 0.6) is 5.75 Å². The molecule has 0 atom stereocenters. The van der Waals surface area contributed by atoms with Crippen molar-refractivity contribution in [2.45, 2.75) is 19.6 Å². The third-order valence-electron chi connectivity index (χ3n) is 2.75. The van der Waals surface area contributed by atoms with Gasteiger partial charge in [-0.1, -0.05) is 23.7 Å². The number of hydrogen-bond donors (Lipinski definition) is 2. The maximum atomic E-state index is 11.7. The first-order chi connectivity index (χ1) is 10.7. The largest absolute Gasteiger partial charge is 0.484 e. The molecule has 0 spiro atoms. The smallest absolute Gasteiger partial charge is 0.241 e. The molecule has 0 aliphatic rings. The van der Waals surface area contributed by atoms with E-state index < -0.39 is 0 Å². The Bertz CT molecular complexity index is 619. The van der Waals surface area contributed by atoms with Gasteiger partial charge in [0.1, 0.15) is 18.9 Å². The molecule has 2 rings (SSSR count). The maximum Gasteiger partial charge on any atom is 0.241 e. The van der Waals surface area contributed by atoms with E-state index in [4.69, 9.17) is 21.4 Å². The first-order valence-corrected chi connectivity index (χ1v) is 7.08. The molecule has 0 radical (unpaired) electrons. The topological polar surface area (TPSA) is 102 Å². The van der Waals surface area contributed by atoms with Crippen LogP contribution in [0.25, 0.3) is 0 Å². The van der Waals surface area contributed by atoms with Gasteiger partial charge in [-0.05, 0) is 29.0 Å². The fraction of sp³-hybridized carbons (Fsp3) is 0.385. The van der Waals surface area contributed by atoms with E-state index in [1.165, 1.54) is 4.68 Å². The Balaban J connectivity index is 1.89. The lowest BCUT2D eigenvalue weighted by molar-refractivity contribution is -0.121. The van der Waals surface area contributed by atoms with Crippen LogP contribution in [0.4, 0.5) is 0 Å². The minimum Gasteiger partial charge on any atom is -0.484 e. The zero-order chi connectivity index (χ0) is 15.8. The van der Waals surface area contributed by atoms with Crippen LogP contribution in [0.1, 0.15) is 12.2 Å². The van der Waals surface area contributed by atoms with Crippen molar-refractivity contribution in [3.8, 4) is 5.75 Å². The number of ether oxygens (including phenoxy) is 1. The fourth-order valence-corrected chi connectivity index (χ4v) is 1.84. The molecule has 2 aromatic rings. The summed E-state index contributed by atoms with van der Waals surface area (Å²) in [6, 6.07) is 7.06. The Morgan fingerprint density at radius 2 is 2.23 bits per heavy atom. The Morgan fingerprint density at radius 3 is 3.00 bits per heavy atom. The van der Waals surface area contributed by atoms with Gasteiger partial charge in [-0.2, -0.15) is 0 Å². The Labute approximate surface area is 132 Å². The quantitative estimate of drug-likeness (QED) is 0.681. The molecule has 1 amide bonds. The molecule has 1 aromatic carbocycles. The van der Waals surface area contributed by atoms with E-state index in [2.05, 4.69) is 20.8 Å². The van der Waals surface area contributed by atoms with Crippen LogP contribution in [-0.2, 0) is 17.9 Å². The third kappa shape index (κ3) is 4.68. The highest BCUT2D eigenvalue weighted by Crippen LogP contribution is 2.23. The number of aliphatic hydroxyl groups excluding tert-OH is 1. The maximum absolute atomic E-state index is 11.7. The van der Waals surface area contributed by atoms with Gasteiger partial charge >= 0.3 is 0 Å². The lowest BCUT2D eigenvalue weighted by Gasteiger charge is -2.08. The number of hydrogen-bond acceptors (Lipinski definition) is 6. The molecule has 0 saturated carbocycles. The van der Waals surface area contributed by atoms with Crippen molar-refractivity contribution < 1.29 is 14.6 Å². The van der Waals surface area contributed by atoms with Crippen molar-refractivity contribution in [2.24, 2.45) is 0 Å². The summed E-state index contributed by atoms with van der Waals surface area (Å²) in [5.41, 5.74) is 0. The molecule has 2 N–H and O–H groups in total. The third-order valence-corrected chi connectivity index (χ3v) is 3.06. The van der Waals surface area contributed by atoms with Crippen LogP contribution < -0.4 is 10.1 Å². The normalized spacial score (nSPS) is 10.5. The summed E-state index contributed by atoms with van der Waals surface area (Å²) in [6.45, 7) is 0.519. The van der Waals surface area contributed by atoms with Crippen LogP contribution in [0, 0.1) is 0 Å². The summed E-state index contributed by atoms with van der Waals surface area (Å²) in [4.78, 5) is 11.7. The van der Waals surface area contributed by atoms with Crippen molar-refractivity contribution in [1.29, 1.82) is 0 Å². The summed E-state index contributed by atoms with van der Waals surface area (Å²) in [7, 11) is 0. The molecule has 0 bridgehead atoms. The van der Waals surface area contributed by atoms with E-state index in [-0.39, 0.29) is 25.7 Å². The van der Waals surface area contributed by atoms with Crippen molar-refractivity contribution in [2.75, 3.05) is 13.2 Å².